The van der Waals surface area contributed by atoms with Gasteiger partial charge in [-0.15, -0.1) is 0 Å². The molecule has 1 atom stereocenters. The van der Waals surface area contributed by atoms with Crippen LogP contribution in [0.5, 0.6) is 17.2 Å². The zero-order valence-corrected chi connectivity index (χ0v) is 19.7. The lowest BCUT2D eigenvalue weighted by atomic mass is 10.1. The van der Waals surface area contributed by atoms with Crippen LogP contribution in [-0.4, -0.2) is 54.2 Å². The van der Waals surface area contributed by atoms with Crippen molar-refractivity contribution in [1.82, 2.24) is 9.80 Å². The molecule has 2 aromatic carbocycles. The minimum Gasteiger partial charge on any atom is -0.504 e. The Morgan fingerprint density at radius 3 is 2.44 bits per heavy atom. The number of benzene rings is 2. The maximum absolute atomic E-state index is 13.4. The van der Waals surface area contributed by atoms with Gasteiger partial charge >= 0.3 is 0 Å². The number of rotatable bonds is 9. The summed E-state index contributed by atoms with van der Waals surface area (Å²) in [5.74, 6) is 1.31. The zero-order valence-electron chi connectivity index (χ0n) is 19.7. The second kappa shape index (κ2) is 11.2. The lowest BCUT2D eigenvalue weighted by Crippen LogP contribution is -2.40. The van der Waals surface area contributed by atoms with Gasteiger partial charge in [-0.1, -0.05) is 51.1 Å². The minimum absolute atomic E-state index is 0.0620. The molecule has 0 fully saturated rings. The summed E-state index contributed by atoms with van der Waals surface area (Å²) in [7, 11) is 2.05. The van der Waals surface area contributed by atoms with Crippen molar-refractivity contribution in [3.63, 3.8) is 0 Å². The van der Waals surface area contributed by atoms with Gasteiger partial charge in [0.05, 0.1) is 13.2 Å². The number of amides is 1. The van der Waals surface area contributed by atoms with Crippen molar-refractivity contribution >= 4 is 5.91 Å². The predicted molar refractivity (Wildman–Crippen MR) is 126 cm³/mol. The molecule has 1 unspecified atom stereocenters. The Labute approximate surface area is 191 Å². The summed E-state index contributed by atoms with van der Waals surface area (Å²) in [5, 5.41) is 10.4. The fourth-order valence-corrected chi connectivity index (χ4v) is 4.11. The van der Waals surface area contributed by atoms with Crippen molar-refractivity contribution in [2.24, 2.45) is 11.8 Å². The summed E-state index contributed by atoms with van der Waals surface area (Å²) < 4.78 is 11.4. The molecule has 3 rings (SSSR count). The first-order chi connectivity index (χ1) is 15.3. The molecule has 174 valence electrons. The van der Waals surface area contributed by atoms with Crippen LogP contribution in [0.15, 0.2) is 42.5 Å². The number of carbonyl (C=O) groups is 1. The van der Waals surface area contributed by atoms with E-state index in [0.717, 1.165) is 18.5 Å². The Bertz CT molecular complexity index is 885. The Kier molecular flexibility index (Phi) is 8.39. The first-order valence-corrected chi connectivity index (χ1v) is 11.5. The van der Waals surface area contributed by atoms with Crippen molar-refractivity contribution in [3.8, 4) is 17.2 Å². The predicted octanol–water partition coefficient (Wildman–Crippen LogP) is 4.31. The van der Waals surface area contributed by atoms with E-state index < -0.39 is 0 Å². The Morgan fingerprint density at radius 2 is 1.72 bits per heavy atom. The fraction of sp³-hybridized carbons (Fsp3) is 0.500. The lowest BCUT2D eigenvalue weighted by Gasteiger charge is -2.30. The topological polar surface area (TPSA) is 62.2 Å². The smallest absolute Gasteiger partial charge is 0.227 e. The highest BCUT2D eigenvalue weighted by molar-refractivity contribution is 5.78. The minimum atomic E-state index is -0.142. The van der Waals surface area contributed by atoms with E-state index in [9.17, 15) is 9.90 Å². The molecule has 6 heteroatoms. The van der Waals surface area contributed by atoms with E-state index in [1.165, 1.54) is 5.56 Å². The number of phenols is 1. The van der Waals surface area contributed by atoms with Gasteiger partial charge in [-0.25, -0.2) is 0 Å². The van der Waals surface area contributed by atoms with Crippen LogP contribution in [0.2, 0.25) is 0 Å². The Balaban J connectivity index is 1.69. The molecule has 2 aromatic rings. The number of nitrogens with zero attached hydrogens (tertiary/aromatic N) is 2. The van der Waals surface area contributed by atoms with E-state index in [0.29, 0.717) is 50.3 Å². The average Bonchev–Trinajstić information content (AvgIpc) is 2.99. The fourth-order valence-electron chi connectivity index (χ4n) is 4.11. The molecule has 1 aliphatic rings. The number of ether oxygens (including phenoxy) is 2. The molecule has 1 aliphatic heterocycles. The molecule has 0 saturated carbocycles. The molecule has 1 N–H and O–H groups in total. The van der Waals surface area contributed by atoms with E-state index in [1.54, 1.807) is 6.07 Å². The van der Waals surface area contributed by atoms with Gasteiger partial charge in [-0.2, -0.15) is 0 Å². The first kappa shape index (κ1) is 23.9. The van der Waals surface area contributed by atoms with Gasteiger partial charge in [0.2, 0.25) is 11.7 Å². The van der Waals surface area contributed by atoms with Gasteiger partial charge < -0.3 is 24.4 Å². The van der Waals surface area contributed by atoms with E-state index in [2.05, 4.69) is 30.9 Å². The maximum atomic E-state index is 13.4. The monoisotopic (exact) mass is 440 g/mol. The van der Waals surface area contributed by atoms with Crippen LogP contribution in [0.1, 0.15) is 38.3 Å². The molecule has 0 saturated heterocycles. The van der Waals surface area contributed by atoms with E-state index >= 15 is 0 Å². The number of hydrogen-bond acceptors (Lipinski definition) is 5. The average molecular weight is 441 g/mol. The maximum Gasteiger partial charge on any atom is 0.227 e. The molecular formula is C26H36N2O4. The molecule has 32 heavy (non-hydrogen) atoms. The Morgan fingerprint density at radius 1 is 1.00 bits per heavy atom. The quantitative estimate of drug-likeness (QED) is 0.630. The first-order valence-electron chi connectivity index (χ1n) is 11.5. The third-order valence-electron chi connectivity index (χ3n) is 5.46. The molecule has 0 bridgehead atoms. The van der Waals surface area contributed by atoms with Crippen LogP contribution in [0.3, 0.4) is 0 Å². The second-order valence-electron chi connectivity index (χ2n) is 9.19. The van der Waals surface area contributed by atoms with Gasteiger partial charge in [-0.05, 0) is 36.2 Å². The molecule has 0 aromatic heterocycles. The van der Waals surface area contributed by atoms with E-state index in [4.69, 9.17) is 9.47 Å². The van der Waals surface area contributed by atoms with Crippen LogP contribution in [0.25, 0.3) is 0 Å². The Hall–Kier alpha value is -2.73. The van der Waals surface area contributed by atoms with Gasteiger partial charge in [0.15, 0.2) is 11.5 Å². The number of aromatic hydroxyl groups is 1. The van der Waals surface area contributed by atoms with Crippen molar-refractivity contribution in [2.45, 2.75) is 40.3 Å². The van der Waals surface area contributed by atoms with E-state index in [-0.39, 0.29) is 17.6 Å². The summed E-state index contributed by atoms with van der Waals surface area (Å²) >= 11 is 0. The van der Waals surface area contributed by atoms with Crippen molar-refractivity contribution < 1.29 is 19.4 Å². The second-order valence-corrected chi connectivity index (χ2v) is 9.19. The SMILES string of the molecule is CC(C)CN(Cc1cc(O)c2c(c1)OCCCO2)C(=O)C(C)CN(C)Cc1ccccc1. The van der Waals surface area contributed by atoms with Crippen LogP contribution in [0, 0.1) is 11.8 Å². The van der Waals surface area contributed by atoms with Crippen LogP contribution < -0.4 is 9.47 Å². The summed E-state index contributed by atoms with van der Waals surface area (Å²) in [5.41, 5.74) is 2.07. The standard InChI is InChI=1S/C26H36N2O4/c1-19(2)15-28(18-22-13-23(29)25-24(14-22)31-11-8-12-32-25)26(30)20(3)16-27(4)17-21-9-6-5-7-10-21/h5-7,9-10,13-14,19-20,29H,8,11-12,15-18H2,1-4H3. The number of fused-ring (bicyclic) bond motifs is 1. The normalized spacial score (nSPS) is 14.3. The van der Waals surface area contributed by atoms with Crippen molar-refractivity contribution in [1.29, 1.82) is 0 Å². The van der Waals surface area contributed by atoms with E-state index in [1.807, 2.05) is 43.1 Å². The van der Waals surface area contributed by atoms with Gasteiger partial charge in [0.1, 0.15) is 0 Å². The van der Waals surface area contributed by atoms with Crippen molar-refractivity contribution in [2.75, 3.05) is 33.4 Å². The lowest BCUT2D eigenvalue weighted by molar-refractivity contribution is -0.136. The summed E-state index contributed by atoms with van der Waals surface area (Å²) in [6, 6.07) is 13.8. The number of hydrogen-bond donors (Lipinski definition) is 1. The highest BCUT2D eigenvalue weighted by atomic mass is 16.5. The van der Waals surface area contributed by atoms with Gasteiger partial charge in [-0.3, -0.25) is 4.79 Å². The largest absolute Gasteiger partial charge is 0.504 e. The summed E-state index contributed by atoms with van der Waals surface area (Å²) in [6.07, 6.45) is 0.773. The number of carbonyl (C=O) groups excluding carboxylic acids is 1. The van der Waals surface area contributed by atoms with Crippen LogP contribution >= 0.6 is 0 Å². The molecule has 0 spiro atoms. The zero-order chi connectivity index (χ0) is 23.1. The summed E-state index contributed by atoms with van der Waals surface area (Å²) in [6.45, 7) is 9.84. The molecule has 0 aliphatic carbocycles. The van der Waals surface area contributed by atoms with Crippen LogP contribution in [0.4, 0.5) is 0 Å². The third kappa shape index (κ3) is 6.63. The van der Waals surface area contributed by atoms with Gasteiger partial charge in [0, 0.05) is 38.5 Å². The van der Waals surface area contributed by atoms with Crippen LogP contribution in [-0.2, 0) is 17.9 Å². The molecule has 0 radical (unpaired) electrons. The van der Waals surface area contributed by atoms with Gasteiger partial charge in [0.25, 0.3) is 0 Å². The van der Waals surface area contributed by atoms with Crippen molar-refractivity contribution in [3.05, 3.63) is 53.6 Å². The molecular weight excluding hydrogens is 404 g/mol. The third-order valence-corrected chi connectivity index (χ3v) is 5.46. The molecule has 6 nitrogen and oxygen atoms in total. The highest BCUT2D eigenvalue weighted by Gasteiger charge is 2.24. The molecule has 1 amide bonds. The summed E-state index contributed by atoms with van der Waals surface area (Å²) in [4.78, 5) is 17.5. The number of phenolic OH excluding ortho intramolecular Hbond substituents is 1. The molecule has 1 heterocycles. The highest BCUT2D eigenvalue weighted by Crippen LogP contribution is 2.39.